The molecular formula is C25H25N5O2. The van der Waals surface area contributed by atoms with E-state index >= 15 is 0 Å². The monoisotopic (exact) mass is 427 g/mol. The van der Waals surface area contributed by atoms with Gasteiger partial charge in [-0.05, 0) is 44.9 Å². The van der Waals surface area contributed by atoms with Crippen LogP contribution in [0.5, 0.6) is 0 Å². The van der Waals surface area contributed by atoms with Crippen LogP contribution in [-0.2, 0) is 13.6 Å². The van der Waals surface area contributed by atoms with Gasteiger partial charge in [0.2, 0.25) is 5.78 Å². The standard InChI is InChI=1S/C25H25N5O2/c1-15-7-6-8-19(12-15)14-29-23(31)21-22(27(5)25(29)32)26-24-28(21)13-18(4)30(24)20-10-9-16(2)11-17(20)3/h6-13H,14H2,1-5H3. The van der Waals surface area contributed by atoms with Crippen molar-refractivity contribution in [2.24, 2.45) is 7.05 Å². The van der Waals surface area contributed by atoms with Crippen LogP contribution in [0.4, 0.5) is 0 Å². The Labute approximate surface area is 184 Å². The van der Waals surface area contributed by atoms with Crippen molar-refractivity contribution < 1.29 is 0 Å². The minimum atomic E-state index is -0.375. The Bertz CT molecular complexity index is 1650. The highest BCUT2D eigenvalue weighted by Gasteiger charge is 2.21. The summed E-state index contributed by atoms with van der Waals surface area (Å²) in [5.41, 5.74) is 6.33. The lowest BCUT2D eigenvalue weighted by Gasteiger charge is -2.10. The molecule has 7 heteroatoms. The van der Waals surface area contributed by atoms with E-state index in [1.807, 2.05) is 48.9 Å². The topological polar surface area (TPSA) is 66.2 Å². The van der Waals surface area contributed by atoms with Crippen LogP contribution in [0.25, 0.3) is 22.6 Å². The number of imidazole rings is 2. The van der Waals surface area contributed by atoms with Gasteiger partial charge in [-0.25, -0.2) is 4.79 Å². The van der Waals surface area contributed by atoms with E-state index in [0.717, 1.165) is 28.1 Å². The summed E-state index contributed by atoms with van der Waals surface area (Å²) in [5.74, 6) is 0.616. The molecule has 162 valence electrons. The van der Waals surface area contributed by atoms with E-state index in [1.54, 1.807) is 11.4 Å². The Kier molecular flexibility index (Phi) is 4.44. The SMILES string of the molecule is Cc1cccc(Cn2c(=O)c3c(nc4n(-c5ccc(C)cc5C)c(C)cn34)n(C)c2=O)c1. The van der Waals surface area contributed by atoms with Gasteiger partial charge in [0.15, 0.2) is 11.2 Å². The first-order chi connectivity index (χ1) is 15.3. The minimum absolute atomic E-state index is 0.215. The molecule has 0 aliphatic heterocycles. The molecule has 0 saturated heterocycles. The number of fused-ring (bicyclic) bond motifs is 3. The van der Waals surface area contributed by atoms with Gasteiger partial charge >= 0.3 is 5.69 Å². The Morgan fingerprint density at radius 1 is 0.938 bits per heavy atom. The van der Waals surface area contributed by atoms with Crippen LogP contribution in [0.15, 0.2) is 58.3 Å². The van der Waals surface area contributed by atoms with E-state index in [-0.39, 0.29) is 17.8 Å². The molecule has 0 fully saturated rings. The molecule has 5 rings (SSSR count). The predicted octanol–water partition coefficient (Wildman–Crippen LogP) is 3.42. The third-order valence-corrected chi connectivity index (χ3v) is 6.04. The molecule has 0 N–H and O–H groups in total. The summed E-state index contributed by atoms with van der Waals surface area (Å²) in [6.07, 6.45) is 1.91. The number of aryl methyl sites for hydroxylation is 5. The fourth-order valence-electron chi connectivity index (χ4n) is 4.50. The number of hydrogen-bond donors (Lipinski definition) is 0. The number of benzene rings is 2. The van der Waals surface area contributed by atoms with E-state index in [9.17, 15) is 9.59 Å². The van der Waals surface area contributed by atoms with Crippen molar-refractivity contribution in [3.8, 4) is 5.69 Å². The first-order valence-electron chi connectivity index (χ1n) is 10.6. The summed E-state index contributed by atoms with van der Waals surface area (Å²) in [7, 11) is 1.66. The van der Waals surface area contributed by atoms with Gasteiger partial charge in [0.1, 0.15) is 0 Å². The second-order valence-electron chi connectivity index (χ2n) is 8.57. The fraction of sp³-hybridized carbons (Fsp3) is 0.240. The van der Waals surface area contributed by atoms with Gasteiger partial charge in [0.05, 0.1) is 12.2 Å². The van der Waals surface area contributed by atoms with Crippen molar-refractivity contribution >= 4 is 16.9 Å². The molecule has 0 unspecified atom stereocenters. The Morgan fingerprint density at radius 2 is 1.69 bits per heavy atom. The second kappa shape index (κ2) is 7.09. The molecular weight excluding hydrogens is 402 g/mol. The molecule has 2 aromatic carbocycles. The zero-order valence-corrected chi connectivity index (χ0v) is 18.9. The molecule has 3 aromatic heterocycles. The van der Waals surface area contributed by atoms with Crippen LogP contribution in [0.3, 0.4) is 0 Å². The van der Waals surface area contributed by atoms with Gasteiger partial charge in [0.25, 0.3) is 5.56 Å². The van der Waals surface area contributed by atoms with Gasteiger partial charge in [-0.1, -0.05) is 47.5 Å². The molecule has 0 aliphatic carbocycles. The van der Waals surface area contributed by atoms with Crippen LogP contribution in [0.1, 0.15) is 27.9 Å². The summed E-state index contributed by atoms with van der Waals surface area (Å²) < 4.78 is 6.58. The van der Waals surface area contributed by atoms with Crippen molar-refractivity contribution in [1.29, 1.82) is 0 Å². The van der Waals surface area contributed by atoms with Crippen molar-refractivity contribution in [3.63, 3.8) is 0 Å². The van der Waals surface area contributed by atoms with Crippen molar-refractivity contribution in [2.45, 2.75) is 34.2 Å². The quantitative estimate of drug-likeness (QED) is 0.443. The maximum Gasteiger partial charge on any atom is 0.332 e. The molecule has 0 radical (unpaired) electrons. The van der Waals surface area contributed by atoms with Crippen LogP contribution < -0.4 is 11.2 Å². The lowest BCUT2D eigenvalue weighted by Crippen LogP contribution is -2.39. The van der Waals surface area contributed by atoms with Crippen molar-refractivity contribution in [1.82, 2.24) is 23.1 Å². The number of aromatic nitrogens is 5. The summed E-state index contributed by atoms with van der Waals surface area (Å²) >= 11 is 0. The minimum Gasteiger partial charge on any atom is -0.283 e. The summed E-state index contributed by atoms with van der Waals surface area (Å²) in [5, 5.41) is 0. The molecule has 0 spiro atoms. The molecule has 0 saturated carbocycles. The normalized spacial score (nSPS) is 11.7. The van der Waals surface area contributed by atoms with Crippen molar-refractivity contribution in [3.05, 3.63) is 97.4 Å². The number of nitrogens with zero attached hydrogens (tertiary/aromatic N) is 5. The highest BCUT2D eigenvalue weighted by Crippen LogP contribution is 2.24. The molecule has 7 nitrogen and oxygen atoms in total. The molecule has 32 heavy (non-hydrogen) atoms. The largest absolute Gasteiger partial charge is 0.332 e. The maximum absolute atomic E-state index is 13.5. The molecule has 3 heterocycles. The fourth-order valence-corrected chi connectivity index (χ4v) is 4.50. The lowest BCUT2D eigenvalue weighted by molar-refractivity contribution is 0.656. The van der Waals surface area contributed by atoms with E-state index < -0.39 is 0 Å². The van der Waals surface area contributed by atoms with Crippen LogP contribution in [0, 0.1) is 27.7 Å². The third-order valence-electron chi connectivity index (χ3n) is 6.04. The zero-order chi connectivity index (χ0) is 22.7. The zero-order valence-electron chi connectivity index (χ0n) is 18.9. The van der Waals surface area contributed by atoms with E-state index in [1.165, 1.54) is 14.7 Å². The average molecular weight is 428 g/mol. The summed E-state index contributed by atoms with van der Waals surface area (Å²) in [6, 6.07) is 14.1. The van der Waals surface area contributed by atoms with Crippen molar-refractivity contribution in [2.75, 3.05) is 0 Å². The van der Waals surface area contributed by atoms with Gasteiger partial charge in [-0.3, -0.25) is 22.9 Å². The Balaban J connectivity index is 1.80. The first-order valence-corrected chi connectivity index (χ1v) is 10.6. The van der Waals surface area contributed by atoms with E-state index in [4.69, 9.17) is 4.98 Å². The smallest absolute Gasteiger partial charge is 0.283 e. The second-order valence-corrected chi connectivity index (χ2v) is 8.57. The third kappa shape index (κ3) is 2.92. The van der Waals surface area contributed by atoms with Crippen LogP contribution >= 0.6 is 0 Å². The van der Waals surface area contributed by atoms with Gasteiger partial charge in [-0.2, -0.15) is 4.98 Å². The lowest BCUT2D eigenvalue weighted by atomic mass is 10.1. The van der Waals surface area contributed by atoms with Gasteiger partial charge in [-0.15, -0.1) is 0 Å². The maximum atomic E-state index is 13.5. The van der Waals surface area contributed by atoms with Gasteiger partial charge in [0, 0.05) is 18.9 Å². The number of hydrogen-bond acceptors (Lipinski definition) is 3. The highest BCUT2D eigenvalue weighted by molar-refractivity contribution is 5.76. The van der Waals surface area contributed by atoms with Gasteiger partial charge < -0.3 is 0 Å². The predicted molar refractivity (Wildman–Crippen MR) is 126 cm³/mol. The first kappa shape index (κ1) is 20.1. The average Bonchev–Trinajstić information content (AvgIpc) is 3.25. The Hall–Kier alpha value is -3.87. The molecule has 0 aliphatic rings. The molecule has 0 amide bonds. The molecule has 0 atom stereocenters. The molecule has 0 bridgehead atoms. The van der Waals surface area contributed by atoms with Crippen LogP contribution in [-0.4, -0.2) is 23.1 Å². The molecule has 5 aromatic rings. The van der Waals surface area contributed by atoms with E-state index in [0.29, 0.717) is 16.9 Å². The van der Waals surface area contributed by atoms with Crippen LogP contribution in [0.2, 0.25) is 0 Å². The summed E-state index contributed by atoms with van der Waals surface area (Å²) in [4.78, 5) is 31.3. The number of rotatable bonds is 3. The van der Waals surface area contributed by atoms with E-state index in [2.05, 4.69) is 32.0 Å². The highest BCUT2D eigenvalue weighted by atomic mass is 16.2. The Morgan fingerprint density at radius 3 is 2.41 bits per heavy atom. The summed E-state index contributed by atoms with van der Waals surface area (Å²) in [6.45, 7) is 8.32.